The highest BCUT2D eigenvalue weighted by atomic mass is 16.2. The lowest BCUT2D eigenvalue weighted by molar-refractivity contribution is -0.124. The second-order valence-corrected chi connectivity index (χ2v) is 5.69. The van der Waals surface area contributed by atoms with Crippen LogP contribution in [0.4, 0.5) is 0 Å². The van der Waals surface area contributed by atoms with Gasteiger partial charge in [-0.25, -0.2) is 0 Å². The van der Waals surface area contributed by atoms with E-state index >= 15 is 0 Å². The Hall–Kier alpha value is -0.570. The zero-order valence-electron chi connectivity index (χ0n) is 10.9. The third kappa shape index (κ3) is 3.48. The minimum atomic E-state index is -0.331. The van der Waals surface area contributed by atoms with E-state index in [1.807, 2.05) is 0 Å². The van der Waals surface area contributed by atoms with E-state index in [1.54, 1.807) is 0 Å². The predicted molar refractivity (Wildman–Crippen MR) is 67.1 cm³/mol. The minimum Gasteiger partial charge on any atom is -0.351 e. The van der Waals surface area contributed by atoms with Gasteiger partial charge in [-0.1, -0.05) is 40.0 Å². The van der Waals surface area contributed by atoms with Gasteiger partial charge in [-0.15, -0.1) is 0 Å². The summed E-state index contributed by atoms with van der Waals surface area (Å²) < 4.78 is 0. The van der Waals surface area contributed by atoms with E-state index in [0.717, 1.165) is 19.3 Å². The molecule has 3 nitrogen and oxygen atoms in total. The molecule has 1 amide bonds. The number of amides is 1. The average molecular weight is 226 g/mol. The van der Waals surface area contributed by atoms with Gasteiger partial charge in [0.15, 0.2) is 0 Å². The summed E-state index contributed by atoms with van der Waals surface area (Å²) in [6.07, 6.45) is 6.53. The van der Waals surface area contributed by atoms with Crippen LogP contribution in [0.2, 0.25) is 0 Å². The summed E-state index contributed by atoms with van der Waals surface area (Å²) in [5, 5.41) is 3.13. The Labute approximate surface area is 99.2 Å². The fourth-order valence-corrected chi connectivity index (χ4v) is 2.48. The van der Waals surface area contributed by atoms with Crippen molar-refractivity contribution in [3.8, 4) is 0 Å². The maximum absolute atomic E-state index is 11.9. The lowest BCUT2D eigenvalue weighted by Crippen LogP contribution is -2.51. The molecule has 3 heteroatoms. The van der Waals surface area contributed by atoms with E-state index < -0.39 is 0 Å². The zero-order chi connectivity index (χ0) is 12.2. The highest BCUT2D eigenvalue weighted by Crippen LogP contribution is 2.35. The lowest BCUT2D eigenvalue weighted by Gasteiger charge is -2.39. The highest BCUT2D eigenvalue weighted by molar-refractivity contribution is 5.81. The Morgan fingerprint density at radius 3 is 2.75 bits per heavy atom. The summed E-state index contributed by atoms with van der Waals surface area (Å²) in [5.74, 6) is 0.0295. The van der Waals surface area contributed by atoms with Crippen molar-refractivity contribution in [2.24, 2.45) is 11.1 Å². The average Bonchev–Trinajstić information content (AvgIpc) is 2.21. The standard InChI is InChI=1S/C13H26N2O/c1-4-7-10(14)12(16)15-11-8-5-6-9-13(11,2)3/h10-11H,4-9,14H2,1-3H3,(H,15,16). The normalized spacial score (nSPS) is 26.1. The maximum Gasteiger partial charge on any atom is 0.237 e. The van der Waals surface area contributed by atoms with E-state index in [2.05, 4.69) is 26.1 Å². The van der Waals surface area contributed by atoms with Gasteiger partial charge in [0.1, 0.15) is 0 Å². The van der Waals surface area contributed by atoms with E-state index in [1.165, 1.54) is 19.3 Å². The second-order valence-electron chi connectivity index (χ2n) is 5.69. The quantitative estimate of drug-likeness (QED) is 0.772. The van der Waals surface area contributed by atoms with Crippen LogP contribution < -0.4 is 11.1 Å². The van der Waals surface area contributed by atoms with Crippen molar-refractivity contribution >= 4 is 5.91 Å². The summed E-state index contributed by atoms with van der Waals surface area (Å²) in [5.41, 5.74) is 6.04. The van der Waals surface area contributed by atoms with Crippen molar-refractivity contribution in [3.63, 3.8) is 0 Å². The number of nitrogens with two attached hydrogens (primary N) is 1. The Bertz CT molecular complexity index is 238. The van der Waals surface area contributed by atoms with Crippen LogP contribution in [0, 0.1) is 5.41 Å². The molecule has 0 heterocycles. The molecule has 1 fully saturated rings. The molecule has 1 aliphatic carbocycles. The fourth-order valence-electron chi connectivity index (χ4n) is 2.48. The van der Waals surface area contributed by atoms with Crippen molar-refractivity contribution in [3.05, 3.63) is 0 Å². The zero-order valence-corrected chi connectivity index (χ0v) is 10.9. The van der Waals surface area contributed by atoms with Crippen molar-refractivity contribution < 1.29 is 4.79 Å². The van der Waals surface area contributed by atoms with Crippen LogP contribution in [-0.4, -0.2) is 18.0 Å². The van der Waals surface area contributed by atoms with Gasteiger partial charge in [-0.05, 0) is 24.7 Å². The first-order valence-electron chi connectivity index (χ1n) is 6.53. The first kappa shape index (κ1) is 13.5. The number of carbonyl (C=O) groups excluding carboxylic acids is 1. The molecule has 0 aliphatic heterocycles. The van der Waals surface area contributed by atoms with Crippen LogP contribution in [0.5, 0.6) is 0 Å². The Morgan fingerprint density at radius 1 is 1.50 bits per heavy atom. The Balaban J connectivity index is 2.49. The van der Waals surface area contributed by atoms with Crippen molar-refractivity contribution in [1.82, 2.24) is 5.32 Å². The topological polar surface area (TPSA) is 55.1 Å². The number of carbonyl (C=O) groups is 1. The third-order valence-electron chi connectivity index (χ3n) is 3.76. The molecule has 2 unspecified atom stereocenters. The fraction of sp³-hybridized carbons (Fsp3) is 0.923. The molecule has 0 aromatic rings. The summed E-state index contributed by atoms with van der Waals surface area (Å²) in [6, 6.07) is -0.0283. The van der Waals surface area contributed by atoms with Crippen LogP contribution in [0.25, 0.3) is 0 Å². The lowest BCUT2D eigenvalue weighted by atomic mass is 9.73. The molecular weight excluding hydrogens is 200 g/mol. The van der Waals surface area contributed by atoms with E-state index in [4.69, 9.17) is 5.73 Å². The molecule has 0 aromatic carbocycles. The molecule has 2 atom stereocenters. The molecule has 0 spiro atoms. The second kappa shape index (κ2) is 5.67. The summed E-state index contributed by atoms with van der Waals surface area (Å²) in [7, 11) is 0. The number of hydrogen-bond acceptors (Lipinski definition) is 2. The van der Waals surface area contributed by atoms with E-state index in [0.29, 0.717) is 6.04 Å². The van der Waals surface area contributed by atoms with Gasteiger partial charge in [0.05, 0.1) is 6.04 Å². The summed E-state index contributed by atoms with van der Waals surface area (Å²) in [4.78, 5) is 11.9. The molecule has 1 rings (SSSR count). The SMILES string of the molecule is CCCC(N)C(=O)NC1CCCCC1(C)C. The summed E-state index contributed by atoms with van der Waals surface area (Å²) >= 11 is 0. The van der Waals surface area contributed by atoms with Crippen molar-refractivity contribution in [2.75, 3.05) is 0 Å². The largest absolute Gasteiger partial charge is 0.351 e. The molecule has 0 saturated heterocycles. The van der Waals surface area contributed by atoms with Gasteiger partial charge in [0, 0.05) is 6.04 Å². The van der Waals surface area contributed by atoms with Crippen molar-refractivity contribution in [2.45, 2.75) is 71.4 Å². The molecule has 0 bridgehead atoms. The number of nitrogens with one attached hydrogen (secondary N) is 1. The van der Waals surface area contributed by atoms with Crippen LogP contribution in [0.15, 0.2) is 0 Å². The van der Waals surface area contributed by atoms with Gasteiger partial charge in [-0.2, -0.15) is 0 Å². The molecule has 1 saturated carbocycles. The van der Waals surface area contributed by atoms with E-state index in [9.17, 15) is 4.79 Å². The first-order chi connectivity index (χ1) is 7.47. The molecule has 0 aromatic heterocycles. The van der Waals surface area contributed by atoms with Gasteiger partial charge in [0.25, 0.3) is 0 Å². The maximum atomic E-state index is 11.9. The minimum absolute atomic E-state index is 0.0295. The smallest absolute Gasteiger partial charge is 0.237 e. The Morgan fingerprint density at radius 2 is 2.19 bits per heavy atom. The number of hydrogen-bond donors (Lipinski definition) is 2. The molecule has 3 N–H and O–H groups in total. The molecule has 16 heavy (non-hydrogen) atoms. The van der Waals surface area contributed by atoms with Gasteiger partial charge in [-0.3, -0.25) is 4.79 Å². The molecule has 1 aliphatic rings. The molecule has 94 valence electrons. The predicted octanol–water partition coefficient (Wildman–Crippen LogP) is 2.20. The third-order valence-corrected chi connectivity index (χ3v) is 3.76. The van der Waals surface area contributed by atoms with Gasteiger partial charge >= 0.3 is 0 Å². The Kier molecular flexibility index (Phi) is 4.78. The van der Waals surface area contributed by atoms with Crippen molar-refractivity contribution in [1.29, 1.82) is 0 Å². The van der Waals surface area contributed by atoms with Gasteiger partial charge < -0.3 is 11.1 Å². The van der Waals surface area contributed by atoms with Crippen LogP contribution in [0.3, 0.4) is 0 Å². The number of rotatable bonds is 4. The molecular formula is C13H26N2O. The highest BCUT2D eigenvalue weighted by Gasteiger charge is 2.33. The first-order valence-corrected chi connectivity index (χ1v) is 6.53. The van der Waals surface area contributed by atoms with Crippen LogP contribution in [-0.2, 0) is 4.79 Å². The van der Waals surface area contributed by atoms with Crippen LogP contribution in [0.1, 0.15) is 59.3 Å². The summed E-state index contributed by atoms with van der Waals surface area (Å²) in [6.45, 7) is 6.53. The monoisotopic (exact) mass is 226 g/mol. The van der Waals surface area contributed by atoms with Crippen LogP contribution >= 0.6 is 0 Å². The molecule has 0 radical (unpaired) electrons. The van der Waals surface area contributed by atoms with E-state index in [-0.39, 0.29) is 17.4 Å². The van der Waals surface area contributed by atoms with Gasteiger partial charge in [0.2, 0.25) is 5.91 Å².